The Morgan fingerprint density at radius 1 is 0.950 bits per heavy atom. The highest BCUT2D eigenvalue weighted by atomic mass is 19.1. The molecule has 0 aliphatic heterocycles. The van der Waals surface area contributed by atoms with Gasteiger partial charge in [0.2, 0.25) is 0 Å². The van der Waals surface area contributed by atoms with Gasteiger partial charge in [-0.15, -0.1) is 0 Å². The molecule has 114 valence electrons. The Bertz CT molecular complexity index is 371. The first-order valence-electron chi connectivity index (χ1n) is 7.40. The molecule has 1 aromatic rings. The van der Waals surface area contributed by atoms with Gasteiger partial charge >= 0.3 is 0 Å². The minimum atomic E-state index is -0.753. The quantitative estimate of drug-likeness (QED) is 0.638. The third-order valence-electron chi connectivity index (χ3n) is 3.23. The zero-order chi connectivity index (χ0) is 14.8. The van der Waals surface area contributed by atoms with Gasteiger partial charge in [-0.1, -0.05) is 45.4 Å². The van der Waals surface area contributed by atoms with Crippen LogP contribution in [0.3, 0.4) is 0 Å². The van der Waals surface area contributed by atoms with Crippen LogP contribution in [-0.2, 0) is 6.61 Å². The molecule has 0 unspecified atom stereocenters. The van der Waals surface area contributed by atoms with Crippen molar-refractivity contribution < 1.29 is 18.6 Å². The van der Waals surface area contributed by atoms with Gasteiger partial charge in [-0.25, -0.2) is 8.78 Å². The predicted molar refractivity (Wildman–Crippen MR) is 75.8 cm³/mol. The monoisotopic (exact) mass is 286 g/mol. The molecule has 0 saturated carbocycles. The molecule has 1 N–H and O–H groups in total. The zero-order valence-corrected chi connectivity index (χ0v) is 12.1. The van der Waals surface area contributed by atoms with Crippen molar-refractivity contribution in [3.8, 4) is 5.75 Å². The van der Waals surface area contributed by atoms with Crippen LogP contribution in [0.25, 0.3) is 0 Å². The number of hydrogen-bond acceptors (Lipinski definition) is 2. The van der Waals surface area contributed by atoms with Crippen molar-refractivity contribution >= 4 is 0 Å². The molecule has 0 atom stereocenters. The maximum absolute atomic E-state index is 13.5. The molecule has 0 fully saturated rings. The Morgan fingerprint density at radius 3 is 2.05 bits per heavy atom. The summed E-state index contributed by atoms with van der Waals surface area (Å²) >= 11 is 0. The molecule has 0 radical (unpaired) electrons. The molecule has 0 saturated heterocycles. The summed E-state index contributed by atoms with van der Waals surface area (Å²) in [4.78, 5) is 0. The molecule has 20 heavy (non-hydrogen) atoms. The highest BCUT2D eigenvalue weighted by molar-refractivity contribution is 5.31. The van der Waals surface area contributed by atoms with Gasteiger partial charge in [0.15, 0.2) is 17.4 Å². The molecule has 0 aromatic heterocycles. The van der Waals surface area contributed by atoms with Crippen molar-refractivity contribution in [3.63, 3.8) is 0 Å². The van der Waals surface area contributed by atoms with Crippen LogP contribution >= 0.6 is 0 Å². The van der Waals surface area contributed by atoms with E-state index in [2.05, 4.69) is 6.92 Å². The molecule has 0 heterocycles. The van der Waals surface area contributed by atoms with Gasteiger partial charge in [0.05, 0.1) is 13.2 Å². The van der Waals surface area contributed by atoms with Crippen molar-refractivity contribution in [2.24, 2.45) is 0 Å². The minimum absolute atomic E-state index is 0.211. The van der Waals surface area contributed by atoms with Gasteiger partial charge in [-0.2, -0.15) is 0 Å². The maximum Gasteiger partial charge on any atom is 0.190 e. The molecule has 0 spiro atoms. The summed E-state index contributed by atoms with van der Waals surface area (Å²) in [5, 5.41) is 8.84. The van der Waals surface area contributed by atoms with Gasteiger partial charge in [-0.05, 0) is 24.1 Å². The maximum atomic E-state index is 13.5. The van der Waals surface area contributed by atoms with Crippen LogP contribution in [0.15, 0.2) is 12.1 Å². The first-order valence-corrected chi connectivity index (χ1v) is 7.40. The summed E-state index contributed by atoms with van der Waals surface area (Å²) in [6, 6.07) is 2.20. The smallest absolute Gasteiger partial charge is 0.190 e. The first kappa shape index (κ1) is 16.9. The van der Waals surface area contributed by atoms with E-state index >= 15 is 0 Å². The molecule has 0 bridgehead atoms. The Kier molecular flexibility index (Phi) is 8.19. The molecule has 0 aliphatic rings. The number of halogens is 2. The van der Waals surface area contributed by atoms with Crippen LogP contribution in [0.1, 0.15) is 57.4 Å². The summed E-state index contributed by atoms with van der Waals surface area (Å²) in [7, 11) is 0. The molecular weight excluding hydrogens is 262 g/mol. The number of ether oxygens (including phenoxy) is 1. The van der Waals surface area contributed by atoms with E-state index in [1.54, 1.807) is 0 Å². The molecule has 0 aliphatic carbocycles. The van der Waals surface area contributed by atoms with E-state index in [0.29, 0.717) is 6.61 Å². The van der Waals surface area contributed by atoms with Crippen molar-refractivity contribution in [2.75, 3.05) is 6.61 Å². The van der Waals surface area contributed by atoms with E-state index in [4.69, 9.17) is 9.84 Å². The lowest BCUT2D eigenvalue weighted by Crippen LogP contribution is -2.02. The topological polar surface area (TPSA) is 29.5 Å². The number of unbranched alkanes of at least 4 members (excludes halogenated alkanes) is 6. The number of benzene rings is 1. The first-order chi connectivity index (χ1) is 9.69. The minimum Gasteiger partial charge on any atom is -0.488 e. The van der Waals surface area contributed by atoms with E-state index in [1.807, 2.05) is 0 Å². The standard InChI is InChI=1S/C16H24F2O2/c1-2-3-4-5-6-7-8-9-20-16-14(17)10-13(12-19)11-15(16)18/h10-11,19H,2-9,12H2,1H3. The fourth-order valence-corrected chi connectivity index (χ4v) is 2.07. The summed E-state index contributed by atoms with van der Waals surface area (Å²) in [5.41, 5.74) is 0.211. The van der Waals surface area contributed by atoms with Gasteiger partial charge in [0.25, 0.3) is 0 Å². The fraction of sp³-hybridized carbons (Fsp3) is 0.625. The predicted octanol–water partition coefficient (Wildman–Crippen LogP) is 4.59. The van der Waals surface area contributed by atoms with Crippen LogP contribution < -0.4 is 4.74 Å². The normalized spacial score (nSPS) is 10.8. The van der Waals surface area contributed by atoms with Crippen molar-refractivity contribution in [1.29, 1.82) is 0 Å². The molecule has 0 amide bonds. The second-order valence-electron chi connectivity index (χ2n) is 5.02. The van der Waals surface area contributed by atoms with Crippen molar-refractivity contribution in [1.82, 2.24) is 0 Å². The number of aliphatic hydroxyl groups excluding tert-OH is 1. The Hall–Kier alpha value is -1.16. The lowest BCUT2D eigenvalue weighted by molar-refractivity contribution is 0.267. The summed E-state index contributed by atoms with van der Waals surface area (Å²) in [6.07, 6.45) is 7.91. The van der Waals surface area contributed by atoms with Crippen LogP contribution in [0.5, 0.6) is 5.75 Å². The number of rotatable bonds is 10. The molecule has 1 aromatic carbocycles. The highest BCUT2D eigenvalue weighted by Gasteiger charge is 2.12. The van der Waals surface area contributed by atoms with E-state index in [-0.39, 0.29) is 17.9 Å². The van der Waals surface area contributed by atoms with E-state index in [0.717, 1.165) is 31.4 Å². The lowest BCUT2D eigenvalue weighted by Gasteiger charge is -2.09. The average molecular weight is 286 g/mol. The Morgan fingerprint density at radius 2 is 1.50 bits per heavy atom. The Labute approximate surface area is 119 Å². The van der Waals surface area contributed by atoms with Crippen LogP contribution in [0, 0.1) is 11.6 Å². The van der Waals surface area contributed by atoms with Gasteiger partial charge < -0.3 is 9.84 Å². The van der Waals surface area contributed by atoms with Crippen molar-refractivity contribution in [2.45, 2.75) is 58.5 Å². The summed E-state index contributed by atoms with van der Waals surface area (Å²) < 4.78 is 32.2. The summed E-state index contributed by atoms with van der Waals surface area (Å²) in [5.74, 6) is -1.85. The fourth-order valence-electron chi connectivity index (χ4n) is 2.07. The van der Waals surface area contributed by atoms with Gasteiger partial charge in [-0.3, -0.25) is 0 Å². The van der Waals surface area contributed by atoms with Gasteiger partial charge in [0, 0.05) is 0 Å². The summed E-state index contributed by atoms with van der Waals surface area (Å²) in [6.45, 7) is 2.12. The zero-order valence-electron chi connectivity index (χ0n) is 12.1. The highest BCUT2D eigenvalue weighted by Crippen LogP contribution is 2.23. The molecule has 4 heteroatoms. The number of hydrogen-bond donors (Lipinski definition) is 1. The van der Waals surface area contributed by atoms with Crippen LogP contribution in [0.2, 0.25) is 0 Å². The molecule has 1 rings (SSSR count). The van der Waals surface area contributed by atoms with Crippen LogP contribution in [0.4, 0.5) is 8.78 Å². The molecule has 2 nitrogen and oxygen atoms in total. The third kappa shape index (κ3) is 5.87. The molecular formula is C16H24F2O2. The van der Waals surface area contributed by atoms with E-state index in [9.17, 15) is 8.78 Å². The Balaban J connectivity index is 2.25. The van der Waals surface area contributed by atoms with E-state index in [1.165, 1.54) is 25.7 Å². The lowest BCUT2D eigenvalue weighted by atomic mass is 10.1. The van der Waals surface area contributed by atoms with Gasteiger partial charge in [0.1, 0.15) is 0 Å². The van der Waals surface area contributed by atoms with Crippen LogP contribution in [-0.4, -0.2) is 11.7 Å². The second kappa shape index (κ2) is 9.70. The van der Waals surface area contributed by atoms with E-state index < -0.39 is 11.6 Å². The second-order valence-corrected chi connectivity index (χ2v) is 5.02. The number of aliphatic hydroxyl groups is 1. The van der Waals surface area contributed by atoms with Crippen molar-refractivity contribution in [3.05, 3.63) is 29.3 Å². The third-order valence-corrected chi connectivity index (χ3v) is 3.23. The average Bonchev–Trinajstić information content (AvgIpc) is 2.43. The largest absolute Gasteiger partial charge is 0.488 e. The SMILES string of the molecule is CCCCCCCCCOc1c(F)cc(CO)cc1F.